The van der Waals surface area contributed by atoms with Crippen LogP contribution in [0.4, 0.5) is 10.5 Å². The molecule has 0 fully saturated rings. The quantitative estimate of drug-likeness (QED) is 0.885. The van der Waals surface area contributed by atoms with Gasteiger partial charge in [-0.15, -0.1) is 0 Å². The zero-order chi connectivity index (χ0) is 15.2. The Hall–Kier alpha value is -2.82. The predicted molar refractivity (Wildman–Crippen MR) is 78.5 cm³/mol. The van der Waals surface area contributed by atoms with E-state index < -0.39 is 18.1 Å². The van der Waals surface area contributed by atoms with Crippen LogP contribution in [-0.4, -0.2) is 28.3 Å². The number of carbonyl (C=O) groups is 2. The number of hydrogen-bond acceptors (Lipinski definition) is 2. The first kappa shape index (κ1) is 14.6. The molecule has 1 amide bonds. The van der Waals surface area contributed by atoms with E-state index in [1.807, 2.05) is 6.07 Å². The third kappa shape index (κ3) is 3.60. The van der Waals surface area contributed by atoms with Crippen LogP contribution < -0.4 is 4.90 Å². The highest BCUT2D eigenvalue weighted by molar-refractivity contribution is 5.94. The number of carboxylic acids is 1. The molecule has 1 atom stereocenters. The van der Waals surface area contributed by atoms with E-state index in [9.17, 15) is 19.8 Å². The molecule has 0 bridgehead atoms. The van der Waals surface area contributed by atoms with Crippen LogP contribution in [0.15, 0.2) is 60.7 Å². The van der Waals surface area contributed by atoms with Gasteiger partial charge in [0.2, 0.25) is 0 Å². The van der Waals surface area contributed by atoms with E-state index in [-0.39, 0.29) is 6.42 Å². The molecule has 0 aliphatic rings. The van der Waals surface area contributed by atoms with Crippen molar-refractivity contribution in [2.45, 2.75) is 12.5 Å². The number of nitrogens with zero attached hydrogens (tertiary/aromatic N) is 1. The van der Waals surface area contributed by atoms with Gasteiger partial charge in [-0.25, -0.2) is 9.59 Å². The Kier molecular flexibility index (Phi) is 4.56. The lowest BCUT2D eigenvalue weighted by Crippen LogP contribution is -2.46. The van der Waals surface area contributed by atoms with Gasteiger partial charge in [-0.05, 0) is 17.7 Å². The number of rotatable bonds is 5. The summed E-state index contributed by atoms with van der Waals surface area (Å²) in [5.74, 6) is -1.18. The summed E-state index contributed by atoms with van der Waals surface area (Å²) < 4.78 is 0. The molecule has 0 unspecified atom stereocenters. The van der Waals surface area contributed by atoms with Crippen LogP contribution in [0.25, 0.3) is 0 Å². The number of anilines is 1. The van der Waals surface area contributed by atoms with Crippen molar-refractivity contribution in [2.24, 2.45) is 0 Å². The molecule has 0 saturated heterocycles. The van der Waals surface area contributed by atoms with Gasteiger partial charge in [-0.3, -0.25) is 4.90 Å². The Balaban J connectivity index is 2.34. The number of aliphatic carboxylic acids is 1. The fraction of sp³-hybridized carbons (Fsp3) is 0.125. The minimum atomic E-state index is -1.29. The van der Waals surface area contributed by atoms with Crippen molar-refractivity contribution in [1.29, 1.82) is 0 Å². The third-order valence-corrected chi connectivity index (χ3v) is 3.11. The van der Waals surface area contributed by atoms with E-state index >= 15 is 0 Å². The molecule has 0 aliphatic carbocycles. The Morgan fingerprint density at radius 3 is 1.90 bits per heavy atom. The monoisotopic (exact) mass is 285 g/mol. The second kappa shape index (κ2) is 6.56. The first-order valence-corrected chi connectivity index (χ1v) is 6.43. The van der Waals surface area contributed by atoms with E-state index in [0.29, 0.717) is 5.69 Å². The zero-order valence-corrected chi connectivity index (χ0v) is 11.2. The Morgan fingerprint density at radius 2 is 1.43 bits per heavy atom. The van der Waals surface area contributed by atoms with Crippen LogP contribution in [0.3, 0.4) is 0 Å². The molecule has 21 heavy (non-hydrogen) atoms. The third-order valence-electron chi connectivity index (χ3n) is 3.11. The van der Waals surface area contributed by atoms with Crippen LogP contribution in [0.2, 0.25) is 0 Å². The largest absolute Gasteiger partial charge is 0.480 e. The number of para-hydroxylation sites is 1. The minimum Gasteiger partial charge on any atom is -0.480 e. The van der Waals surface area contributed by atoms with Gasteiger partial charge in [0, 0.05) is 12.1 Å². The topological polar surface area (TPSA) is 77.8 Å². The summed E-state index contributed by atoms with van der Waals surface area (Å²) in [6, 6.07) is 16.0. The van der Waals surface area contributed by atoms with E-state index in [1.165, 1.54) is 0 Å². The highest BCUT2D eigenvalue weighted by atomic mass is 16.4. The molecule has 2 aromatic rings. The summed E-state index contributed by atoms with van der Waals surface area (Å²) in [5, 5.41) is 18.8. The number of amides is 1. The van der Waals surface area contributed by atoms with Crippen LogP contribution in [0.1, 0.15) is 5.56 Å². The fourth-order valence-electron chi connectivity index (χ4n) is 2.14. The number of hydrogen-bond donors (Lipinski definition) is 2. The fourth-order valence-corrected chi connectivity index (χ4v) is 2.14. The summed E-state index contributed by atoms with van der Waals surface area (Å²) in [5.41, 5.74) is 1.11. The molecule has 2 N–H and O–H groups in total. The second-order valence-corrected chi connectivity index (χ2v) is 4.53. The van der Waals surface area contributed by atoms with Gasteiger partial charge in [-0.1, -0.05) is 48.5 Å². The molecule has 0 spiro atoms. The minimum absolute atomic E-state index is 0.108. The molecule has 0 heterocycles. The SMILES string of the molecule is O=C(O)[C@H](Cc1ccccc1)N(C(=O)O)c1ccccc1. The smallest absolute Gasteiger partial charge is 0.412 e. The van der Waals surface area contributed by atoms with Gasteiger partial charge in [0.25, 0.3) is 0 Å². The Labute approximate surface area is 122 Å². The molecule has 5 nitrogen and oxygen atoms in total. The standard InChI is InChI=1S/C16H15NO4/c18-15(19)14(11-12-7-3-1-4-8-12)17(16(20)21)13-9-5-2-6-10-13/h1-10,14H,11H2,(H,18,19)(H,20,21)/t14-/m0/s1. The molecule has 5 heteroatoms. The first-order valence-electron chi connectivity index (χ1n) is 6.43. The lowest BCUT2D eigenvalue weighted by molar-refractivity contribution is -0.138. The van der Waals surface area contributed by atoms with E-state index in [4.69, 9.17) is 0 Å². The van der Waals surface area contributed by atoms with Gasteiger partial charge in [0.1, 0.15) is 6.04 Å². The molecule has 0 aromatic heterocycles. The summed E-state index contributed by atoms with van der Waals surface area (Å²) in [6.07, 6.45) is -1.18. The van der Waals surface area contributed by atoms with Crippen molar-refractivity contribution < 1.29 is 19.8 Å². The average molecular weight is 285 g/mol. The van der Waals surface area contributed by atoms with Gasteiger partial charge in [-0.2, -0.15) is 0 Å². The average Bonchev–Trinajstić information content (AvgIpc) is 2.48. The summed E-state index contributed by atoms with van der Waals surface area (Å²) in [6.45, 7) is 0. The van der Waals surface area contributed by atoms with Crippen molar-refractivity contribution in [3.05, 3.63) is 66.2 Å². The zero-order valence-electron chi connectivity index (χ0n) is 11.2. The molecule has 108 valence electrons. The molecular weight excluding hydrogens is 270 g/mol. The normalized spacial score (nSPS) is 11.6. The highest BCUT2D eigenvalue weighted by Gasteiger charge is 2.31. The molecular formula is C16H15NO4. The van der Waals surface area contributed by atoms with Crippen LogP contribution in [0, 0.1) is 0 Å². The lowest BCUT2D eigenvalue weighted by atomic mass is 10.0. The van der Waals surface area contributed by atoms with Crippen molar-refractivity contribution in [2.75, 3.05) is 4.90 Å². The molecule has 2 aromatic carbocycles. The van der Waals surface area contributed by atoms with Crippen LogP contribution in [0.5, 0.6) is 0 Å². The summed E-state index contributed by atoms with van der Waals surface area (Å²) >= 11 is 0. The van der Waals surface area contributed by atoms with Gasteiger partial charge < -0.3 is 10.2 Å². The maximum absolute atomic E-state index is 11.5. The maximum atomic E-state index is 11.5. The molecule has 2 rings (SSSR count). The van der Waals surface area contributed by atoms with E-state index in [1.54, 1.807) is 54.6 Å². The van der Waals surface area contributed by atoms with Crippen molar-refractivity contribution in [3.63, 3.8) is 0 Å². The lowest BCUT2D eigenvalue weighted by Gasteiger charge is -2.26. The van der Waals surface area contributed by atoms with Crippen molar-refractivity contribution in [3.8, 4) is 0 Å². The maximum Gasteiger partial charge on any atom is 0.412 e. The second-order valence-electron chi connectivity index (χ2n) is 4.53. The highest BCUT2D eigenvalue weighted by Crippen LogP contribution is 2.19. The van der Waals surface area contributed by atoms with Crippen molar-refractivity contribution in [1.82, 2.24) is 0 Å². The van der Waals surface area contributed by atoms with E-state index in [0.717, 1.165) is 10.5 Å². The first-order chi connectivity index (χ1) is 10.1. The predicted octanol–water partition coefficient (Wildman–Crippen LogP) is 2.87. The Morgan fingerprint density at radius 1 is 0.905 bits per heavy atom. The summed E-state index contributed by atoms with van der Waals surface area (Å²) in [7, 11) is 0. The molecule has 0 saturated carbocycles. The van der Waals surface area contributed by atoms with Crippen molar-refractivity contribution >= 4 is 17.7 Å². The van der Waals surface area contributed by atoms with E-state index in [2.05, 4.69) is 0 Å². The summed E-state index contributed by atoms with van der Waals surface area (Å²) in [4.78, 5) is 23.9. The van der Waals surface area contributed by atoms with Crippen LogP contribution in [-0.2, 0) is 11.2 Å². The van der Waals surface area contributed by atoms with Gasteiger partial charge in [0.15, 0.2) is 0 Å². The van der Waals surface area contributed by atoms with Crippen LogP contribution >= 0.6 is 0 Å². The number of carboxylic acid groups (broad SMARTS) is 2. The molecule has 0 radical (unpaired) electrons. The van der Waals surface area contributed by atoms with Gasteiger partial charge in [0.05, 0.1) is 0 Å². The van der Waals surface area contributed by atoms with Gasteiger partial charge >= 0.3 is 12.1 Å². The molecule has 0 aliphatic heterocycles. The Bertz CT molecular complexity index is 613. The number of benzene rings is 2.